The summed E-state index contributed by atoms with van der Waals surface area (Å²) in [5.74, 6) is 0.870. The number of aliphatic hydroxyl groups is 1. The number of carbonyl (C=O) groups excluding carboxylic acids is 1. The summed E-state index contributed by atoms with van der Waals surface area (Å²) in [4.78, 5) is 12.4. The third-order valence-electron chi connectivity index (χ3n) is 6.20. The second-order valence-corrected chi connectivity index (χ2v) is 11.3. The van der Waals surface area contributed by atoms with Crippen LogP contribution in [0.4, 0.5) is 18.9 Å². The summed E-state index contributed by atoms with van der Waals surface area (Å²) in [5, 5.41) is 21.7. The Bertz CT molecular complexity index is 825. The van der Waals surface area contributed by atoms with E-state index in [1.807, 2.05) is 0 Å². The predicted molar refractivity (Wildman–Crippen MR) is 139 cm³/mol. The normalized spacial score (nSPS) is 14.2. The summed E-state index contributed by atoms with van der Waals surface area (Å²) in [7, 11) is 0. The van der Waals surface area contributed by atoms with Crippen LogP contribution in [-0.4, -0.2) is 32.7 Å². The second-order valence-electron chi connectivity index (χ2n) is 9.59. The lowest BCUT2D eigenvalue weighted by molar-refractivity contribution is -0.138. The van der Waals surface area contributed by atoms with Crippen LogP contribution in [-0.2, 0) is 22.1 Å². The van der Waals surface area contributed by atoms with Gasteiger partial charge in [-0.15, -0.1) is 0 Å². The third-order valence-corrected chi connectivity index (χ3v) is 7.69. The van der Waals surface area contributed by atoms with Gasteiger partial charge in [-0.3, -0.25) is 4.79 Å². The van der Waals surface area contributed by atoms with E-state index in [1.54, 1.807) is 0 Å². The number of carbonyl (C=O) groups is 1. The molecule has 2 N–H and O–H groups in total. The molecule has 0 saturated heterocycles. The molecule has 0 aliphatic carbocycles. The number of amides is 1. The number of benzene rings is 1. The van der Waals surface area contributed by atoms with Crippen molar-refractivity contribution in [3.63, 3.8) is 0 Å². The van der Waals surface area contributed by atoms with Crippen molar-refractivity contribution in [3.8, 4) is 6.07 Å². The van der Waals surface area contributed by atoms with Crippen LogP contribution in [0.5, 0.6) is 0 Å². The van der Waals surface area contributed by atoms with Gasteiger partial charge in [0.1, 0.15) is 17.1 Å². The number of anilines is 1. The molecule has 36 heavy (non-hydrogen) atoms. The molecule has 9 heteroatoms. The van der Waals surface area contributed by atoms with Gasteiger partial charge in [0, 0.05) is 5.69 Å². The zero-order valence-electron chi connectivity index (χ0n) is 21.6. The molecule has 1 rings (SSSR count). The molecule has 0 spiro atoms. The molecular formula is C27H41F3N2O3S. The number of rotatable bonds is 18. The van der Waals surface area contributed by atoms with E-state index in [-0.39, 0.29) is 12.1 Å². The van der Waals surface area contributed by atoms with Gasteiger partial charge in [-0.05, 0) is 57.2 Å². The van der Waals surface area contributed by atoms with E-state index in [2.05, 4.69) is 12.2 Å². The Labute approximate surface area is 217 Å². The van der Waals surface area contributed by atoms with E-state index >= 15 is 0 Å². The van der Waals surface area contributed by atoms with Crippen LogP contribution < -0.4 is 5.32 Å². The average Bonchev–Trinajstić information content (AvgIpc) is 2.82. The fourth-order valence-corrected chi connectivity index (χ4v) is 5.17. The van der Waals surface area contributed by atoms with E-state index in [9.17, 15) is 27.6 Å². The van der Waals surface area contributed by atoms with Crippen molar-refractivity contribution in [2.75, 3.05) is 16.8 Å². The first-order valence-corrected chi connectivity index (χ1v) is 14.5. The summed E-state index contributed by atoms with van der Waals surface area (Å²) < 4.78 is 51.2. The fourth-order valence-electron chi connectivity index (χ4n) is 3.92. The molecule has 0 saturated carbocycles. The number of hydrogen-bond donors (Lipinski definition) is 2. The number of hydrogen-bond acceptors (Lipinski definition) is 4. The number of nitrogens with zero attached hydrogens (tertiary/aromatic N) is 1. The van der Waals surface area contributed by atoms with Gasteiger partial charge in [0.2, 0.25) is 0 Å². The molecule has 0 bridgehead atoms. The van der Waals surface area contributed by atoms with Crippen LogP contribution in [0.15, 0.2) is 18.2 Å². The smallest absolute Gasteiger partial charge is 0.417 e. The minimum atomic E-state index is -4.72. The predicted octanol–water partition coefficient (Wildman–Crippen LogP) is 7.11. The highest BCUT2D eigenvalue weighted by atomic mass is 32.2. The van der Waals surface area contributed by atoms with Crippen molar-refractivity contribution >= 4 is 22.8 Å². The molecule has 1 unspecified atom stereocenters. The maximum Gasteiger partial charge on any atom is 0.417 e. The summed E-state index contributed by atoms with van der Waals surface area (Å²) in [6.07, 6.45) is 7.95. The quantitative estimate of drug-likeness (QED) is 0.156. The van der Waals surface area contributed by atoms with Crippen LogP contribution in [0.25, 0.3) is 0 Å². The SMILES string of the molecule is CCCCC[S+]([O-])CCCCCCCCCCC[C@](C)(O)C(=O)Nc1ccc(C#N)c(C(F)(F)F)c1. The molecule has 0 aliphatic heterocycles. The van der Waals surface area contributed by atoms with Crippen molar-refractivity contribution in [2.24, 2.45) is 0 Å². The Balaban J connectivity index is 2.21. The first-order valence-electron chi connectivity index (χ1n) is 13.0. The standard InChI is InChI=1S/C27H41F3N2O3S/c1-3-4-13-18-36(35)19-14-11-9-7-5-6-8-10-12-17-26(2,34)25(33)32-23-16-15-22(21-31)24(20-23)27(28,29)30/h15-16,20,34H,3-14,17-19H2,1-2H3,(H,32,33)/t26-,36?/m0/s1. The van der Waals surface area contributed by atoms with Crippen molar-refractivity contribution < 1.29 is 27.6 Å². The molecule has 2 atom stereocenters. The van der Waals surface area contributed by atoms with Crippen molar-refractivity contribution in [1.82, 2.24) is 0 Å². The molecule has 5 nitrogen and oxygen atoms in total. The molecule has 0 fully saturated rings. The lowest BCUT2D eigenvalue weighted by Gasteiger charge is -2.22. The number of alkyl halides is 3. The summed E-state index contributed by atoms with van der Waals surface area (Å²) >= 11 is -0.669. The van der Waals surface area contributed by atoms with E-state index in [4.69, 9.17) is 5.26 Å². The minimum absolute atomic E-state index is 0.116. The van der Waals surface area contributed by atoms with Gasteiger partial charge in [0.15, 0.2) is 0 Å². The Morgan fingerprint density at radius 1 is 1.00 bits per heavy atom. The summed E-state index contributed by atoms with van der Waals surface area (Å²) in [6, 6.07) is 4.42. The number of halogens is 3. The highest BCUT2D eigenvalue weighted by molar-refractivity contribution is 7.91. The van der Waals surface area contributed by atoms with E-state index in [1.165, 1.54) is 19.1 Å². The third kappa shape index (κ3) is 13.0. The van der Waals surface area contributed by atoms with Gasteiger partial charge < -0.3 is 15.0 Å². The molecule has 1 amide bonds. The van der Waals surface area contributed by atoms with Crippen molar-refractivity contribution in [3.05, 3.63) is 29.3 Å². The molecule has 204 valence electrons. The number of unbranched alkanes of at least 4 members (excludes halogenated alkanes) is 10. The first-order chi connectivity index (χ1) is 17.0. The highest BCUT2D eigenvalue weighted by Crippen LogP contribution is 2.33. The number of nitrogens with one attached hydrogen (secondary N) is 1. The van der Waals surface area contributed by atoms with Crippen LogP contribution in [0.1, 0.15) is 108 Å². The summed E-state index contributed by atoms with van der Waals surface area (Å²) in [6.45, 7) is 3.50. The van der Waals surface area contributed by atoms with Gasteiger partial charge in [0.05, 0.1) is 17.2 Å². The molecular weight excluding hydrogens is 489 g/mol. The molecule has 1 aromatic rings. The highest BCUT2D eigenvalue weighted by Gasteiger charge is 2.35. The molecule has 1 aromatic carbocycles. The lowest BCUT2D eigenvalue weighted by Crippen LogP contribution is -2.40. The molecule has 0 aliphatic rings. The Kier molecular flexibility index (Phi) is 15.1. The van der Waals surface area contributed by atoms with Crippen molar-refractivity contribution in [2.45, 2.75) is 109 Å². The van der Waals surface area contributed by atoms with Gasteiger partial charge >= 0.3 is 6.18 Å². The minimum Gasteiger partial charge on any atom is -0.616 e. The van der Waals surface area contributed by atoms with E-state index < -0.39 is 40.0 Å². The zero-order chi connectivity index (χ0) is 27.0. The Morgan fingerprint density at radius 2 is 1.53 bits per heavy atom. The van der Waals surface area contributed by atoms with E-state index in [0.717, 1.165) is 88.2 Å². The van der Waals surface area contributed by atoms with Crippen LogP contribution in [0.2, 0.25) is 0 Å². The van der Waals surface area contributed by atoms with Gasteiger partial charge in [-0.2, -0.15) is 18.4 Å². The van der Waals surface area contributed by atoms with Crippen molar-refractivity contribution in [1.29, 1.82) is 5.26 Å². The second kappa shape index (κ2) is 16.9. The number of nitriles is 1. The maximum absolute atomic E-state index is 13.1. The molecule has 0 aromatic heterocycles. The zero-order valence-corrected chi connectivity index (χ0v) is 22.4. The van der Waals surface area contributed by atoms with Gasteiger partial charge in [0.25, 0.3) is 5.91 Å². The monoisotopic (exact) mass is 530 g/mol. The van der Waals surface area contributed by atoms with E-state index in [0.29, 0.717) is 12.5 Å². The summed E-state index contributed by atoms with van der Waals surface area (Å²) in [5.41, 5.74) is -3.47. The van der Waals surface area contributed by atoms with Gasteiger partial charge in [-0.1, -0.05) is 69.5 Å². The van der Waals surface area contributed by atoms with Crippen LogP contribution in [0.3, 0.4) is 0 Å². The maximum atomic E-state index is 13.1. The largest absolute Gasteiger partial charge is 0.616 e. The Hall–Kier alpha value is -1.76. The topological polar surface area (TPSA) is 96.2 Å². The fraction of sp³-hybridized carbons (Fsp3) is 0.704. The first kappa shape index (κ1) is 32.3. The average molecular weight is 531 g/mol. The van der Waals surface area contributed by atoms with Crippen LogP contribution >= 0.6 is 0 Å². The molecule has 0 heterocycles. The lowest BCUT2D eigenvalue weighted by atomic mass is 9.96. The van der Waals surface area contributed by atoms with Gasteiger partial charge in [-0.25, -0.2) is 0 Å². The van der Waals surface area contributed by atoms with Crippen LogP contribution in [0, 0.1) is 11.3 Å². The Morgan fingerprint density at radius 3 is 2.06 bits per heavy atom. The molecule has 0 radical (unpaired) electrons.